The Hall–Kier alpha value is -2.33. The number of imidazole rings is 1. The predicted octanol–water partition coefficient (Wildman–Crippen LogP) is 0.141. The molecule has 1 N–H and O–H groups in total. The second kappa shape index (κ2) is 5.75. The monoisotopic (exact) mass is 275 g/mol. The van der Waals surface area contributed by atoms with Crippen LogP contribution in [0.25, 0.3) is 6.08 Å². The molecule has 1 fully saturated rings. The number of likely N-dealkylation sites (N-methyl/N-ethyl adjacent to an activating group) is 1. The van der Waals surface area contributed by atoms with Crippen LogP contribution in [0.2, 0.25) is 0 Å². The zero-order chi connectivity index (χ0) is 14.7. The van der Waals surface area contributed by atoms with E-state index < -0.39 is 5.97 Å². The molecule has 0 aliphatic carbocycles. The lowest BCUT2D eigenvalue weighted by Gasteiger charge is -2.32. The zero-order valence-electron chi connectivity index (χ0n) is 11.6. The van der Waals surface area contributed by atoms with Gasteiger partial charge in [0.25, 0.3) is 0 Å². The number of aromatic nitrogens is 2. The van der Waals surface area contributed by atoms with Crippen LogP contribution < -0.4 is 4.90 Å². The molecule has 0 spiro atoms. The van der Waals surface area contributed by atoms with E-state index in [1.54, 1.807) is 11.6 Å². The van der Waals surface area contributed by atoms with Gasteiger partial charge in [-0.1, -0.05) is 0 Å². The van der Waals surface area contributed by atoms with Crippen LogP contribution in [0.3, 0.4) is 0 Å². The Morgan fingerprint density at radius 3 is 2.55 bits per heavy atom. The van der Waals surface area contributed by atoms with Crippen molar-refractivity contribution < 1.29 is 9.90 Å². The van der Waals surface area contributed by atoms with Gasteiger partial charge in [0.1, 0.15) is 17.5 Å². The van der Waals surface area contributed by atoms with E-state index in [-0.39, 0.29) is 0 Å². The van der Waals surface area contributed by atoms with E-state index in [4.69, 9.17) is 5.11 Å². The standard InChI is InChI=1S/C13H17N5O2/c1-16-5-7-18(8-6-16)13-15-10(3-4-12(19)20)11(9-14)17(13)2/h3-4H,5-8H2,1-2H3,(H,19,20)/b4-3+. The zero-order valence-corrected chi connectivity index (χ0v) is 11.6. The highest BCUT2D eigenvalue weighted by molar-refractivity contribution is 5.85. The van der Waals surface area contributed by atoms with Crippen molar-refractivity contribution in [3.63, 3.8) is 0 Å². The molecule has 20 heavy (non-hydrogen) atoms. The van der Waals surface area contributed by atoms with Crippen LogP contribution in [0.15, 0.2) is 6.08 Å². The number of anilines is 1. The molecule has 1 saturated heterocycles. The van der Waals surface area contributed by atoms with Crippen LogP contribution in [0.1, 0.15) is 11.4 Å². The van der Waals surface area contributed by atoms with Gasteiger partial charge < -0.3 is 19.5 Å². The molecule has 2 rings (SSSR count). The van der Waals surface area contributed by atoms with Crippen molar-refractivity contribution in [2.75, 3.05) is 38.1 Å². The summed E-state index contributed by atoms with van der Waals surface area (Å²) in [5.41, 5.74) is 0.766. The molecule has 1 aromatic heterocycles. The highest BCUT2D eigenvalue weighted by Crippen LogP contribution is 2.20. The number of carboxylic acids is 1. The fourth-order valence-corrected chi connectivity index (χ4v) is 2.20. The average molecular weight is 275 g/mol. The van der Waals surface area contributed by atoms with Crippen molar-refractivity contribution in [2.24, 2.45) is 7.05 Å². The fourth-order valence-electron chi connectivity index (χ4n) is 2.20. The van der Waals surface area contributed by atoms with Crippen molar-refractivity contribution >= 4 is 18.0 Å². The van der Waals surface area contributed by atoms with Gasteiger partial charge in [-0.25, -0.2) is 9.78 Å². The summed E-state index contributed by atoms with van der Waals surface area (Å²) in [7, 11) is 3.84. The lowest BCUT2D eigenvalue weighted by molar-refractivity contribution is -0.131. The van der Waals surface area contributed by atoms with Crippen molar-refractivity contribution in [3.8, 4) is 6.07 Å². The van der Waals surface area contributed by atoms with E-state index in [9.17, 15) is 10.1 Å². The van der Waals surface area contributed by atoms with Gasteiger partial charge in [-0.15, -0.1) is 0 Å². The molecule has 0 amide bonds. The Morgan fingerprint density at radius 1 is 1.35 bits per heavy atom. The molecule has 106 valence electrons. The maximum Gasteiger partial charge on any atom is 0.328 e. The third-order valence-electron chi connectivity index (χ3n) is 3.37. The minimum atomic E-state index is -1.05. The predicted molar refractivity (Wildman–Crippen MR) is 74.3 cm³/mol. The summed E-state index contributed by atoms with van der Waals surface area (Å²) in [6, 6.07) is 2.08. The summed E-state index contributed by atoms with van der Waals surface area (Å²) in [5, 5.41) is 17.9. The Morgan fingerprint density at radius 2 is 2.00 bits per heavy atom. The van der Waals surface area contributed by atoms with Crippen LogP contribution >= 0.6 is 0 Å². The third kappa shape index (κ3) is 2.81. The molecular weight excluding hydrogens is 258 g/mol. The first kappa shape index (κ1) is 14.1. The summed E-state index contributed by atoms with van der Waals surface area (Å²) >= 11 is 0. The largest absolute Gasteiger partial charge is 0.478 e. The summed E-state index contributed by atoms with van der Waals surface area (Å²) < 4.78 is 1.72. The lowest BCUT2D eigenvalue weighted by atomic mass is 10.3. The quantitative estimate of drug-likeness (QED) is 0.790. The second-order valence-corrected chi connectivity index (χ2v) is 4.78. The summed E-state index contributed by atoms with van der Waals surface area (Å²) in [5.74, 6) is -0.347. The van der Waals surface area contributed by atoms with Crippen molar-refractivity contribution in [3.05, 3.63) is 17.5 Å². The van der Waals surface area contributed by atoms with Gasteiger partial charge >= 0.3 is 5.97 Å². The molecule has 1 aliphatic heterocycles. The SMILES string of the molecule is CN1CCN(c2nc(/C=C/C(=O)O)c(C#N)n2C)CC1. The van der Waals surface area contributed by atoms with Gasteiger partial charge in [-0.3, -0.25) is 0 Å². The van der Waals surface area contributed by atoms with Gasteiger partial charge in [0, 0.05) is 39.3 Å². The highest BCUT2D eigenvalue weighted by atomic mass is 16.4. The number of carboxylic acid groups (broad SMARTS) is 1. The van der Waals surface area contributed by atoms with Crippen LogP contribution in [0.5, 0.6) is 0 Å². The van der Waals surface area contributed by atoms with Gasteiger partial charge in [-0.2, -0.15) is 5.26 Å². The summed E-state index contributed by atoms with van der Waals surface area (Å²) in [6.07, 6.45) is 2.36. The van der Waals surface area contributed by atoms with Crippen molar-refractivity contribution in [2.45, 2.75) is 0 Å². The van der Waals surface area contributed by atoms with Crippen LogP contribution in [-0.4, -0.2) is 58.8 Å². The molecule has 7 nitrogen and oxygen atoms in total. The number of nitrogens with zero attached hydrogens (tertiary/aromatic N) is 5. The third-order valence-corrected chi connectivity index (χ3v) is 3.37. The maximum absolute atomic E-state index is 10.6. The minimum absolute atomic E-state index is 0.372. The molecule has 0 atom stereocenters. The number of nitriles is 1. The lowest BCUT2D eigenvalue weighted by Crippen LogP contribution is -2.45. The molecular formula is C13H17N5O2. The Bertz CT molecular complexity index is 576. The number of hydrogen-bond acceptors (Lipinski definition) is 5. The molecule has 1 aromatic rings. The first-order valence-corrected chi connectivity index (χ1v) is 6.34. The van der Waals surface area contributed by atoms with Crippen LogP contribution in [0, 0.1) is 11.3 Å². The Kier molecular flexibility index (Phi) is 4.05. The average Bonchev–Trinajstić information content (AvgIpc) is 2.73. The van der Waals surface area contributed by atoms with Crippen molar-refractivity contribution in [1.82, 2.24) is 14.5 Å². The molecule has 0 aromatic carbocycles. The van der Waals surface area contributed by atoms with Gasteiger partial charge in [0.15, 0.2) is 0 Å². The van der Waals surface area contributed by atoms with E-state index in [0.29, 0.717) is 17.3 Å². The van der Waals surface area contributed by atoms with Gasteiger partial charge in [0.05, 0.1) is 0 Å². The van der Waals surface area contributed by atoms with E-state index in [1.807, 2.05) is 0 Å². The number of carbonyl (C=O) groups is 1. The first-order chi connectivity index (χ1) is 9.52. The van der Waals surface area contributed by atoms with Crippen molar-refractivity contribution in [1.29, 1.82) is 5.26 Å². The van der Waals surface area contributed by atoms with E-state index in [2.05, 4.69) is 27.9 Å². The first-order valence-electron chi connectivity index (χ1n) is 6.34. The molecule has 1 aliphatic rings. The topological polar surface area (TPSA) is 85.4 Å². The number of aliphatic carboxylic acids is 1. The molecule has 0 unspecified atom stereocenters. The van der Waals surface area contributed by atoms with E-state index >= 15 is 0 Å². The Labute approximate surface area is 117 Å². The number of hydrogen-bond donors (Lipinski definition) is 1. The minimum Gasteiger partial charge on any atom is -0.478 e. The molecule has 0 bridgehead atoms. The normalized spacial score (nSPS) is 16.6. The number of piperazine rings is 1. The molecule has 7 heteroatoms. The van der Waals surface area contributed by atoms with Gasteiger partial charge in [-0.05, 0) is 13.1 Å². The maximum atomic E-state index is 10.6. The molecule has 0 radical (unpaired) electrons. The van der Waals surface area contributed by atoms with E-state index in [0.717, 1.165) is 32.3 Å². The van der Waals surface area contributed by atoms with Crippen LogP contribution in [-0.2, 0) is 11.8 Å². The fraction of sp³-hybridized carbons (Fsp3) is 0.462. The summed E-state index contributed by atoms with van der Waals surface area (Å²) in [6.45, 7) is 3.56. The van der Waals surface area contributed by atoms with Gasteiger partial charge in [0.2, 0.25) is 5.95 Å². The second-order valence-electron chi connectivity index (χ2n) is 4.78. The highest BCUT2D eigenvalue weighted by Gasteiger charge is 2.21. The van der Waals surface area contributed by atoms with Crippen LogP contribution in [0.4, 0.5) is 5.95 Å². The molecule has 0 saturated carbocycles. The smallest absolute Gasteiger partial charge is 0.328 e. The molecule has 2 heterocycles. The number of rotatable bonds is 3. The Balaban J connectivity index is 2.31. The summed E-state index contributed by atoms with van der Waals surface area (Å²) in [4.78, 5) is 19.3. The van der Waals surface area contributed by atoms with E-state index in [1.165, 1.54) is 6.08 Å².